The van der Waals surface area contributed by atoms with Gasteiger partial charge in [-0.3, -0.25) is 18.2 Å². The number of aliphatic hydroxyl groups is 1. The van der Waals surface area contributed by atoms with Gasteiger partial charge in [-0.1, -0.05) is 36.8 Å². The average Bonchev–Trinajstić information content (AvgIpc) is 4.03. The number of carbonyl (C=O) groups is 2. The number of aromatic hydroxyl groups is 2. The lowest BCUT2D eigenvalue weighted by Crippen LogP contribution is -2.54. The molecule has 2 aliphatic rings. The molecule has 4 aromatic rings. The normalized spacial score (nSPS) is 18.8. The minimum Gasteiger partial charge on any atom is -0.504 e. The van der Waals surface area contributed by atoms with Crippen LogP contribution in [0.1, 0.15) is 95.1 Å². The molecule has 0 spiro atoms. The highest BCUT2D eigenvalue weighted by molar-refractivity contribution is 7.13. The number of aliphatic imine (C=N–C) groups is 1. The van der Waals surface area contributed by atoms with Crippen molar-refractivity contribution >= 4 is 48.4 Å². The summed E-state index contributed by atoms with van der Waals surface area (Å²) in [6.07, 6.45) is 14.5. The first-order chi connectivity index (χ1) is 29.7. The molecule has 0 radical (unpaired) electrons. The monoisotopic (exact) mass is 867 g/mol. The van der Waals surface area contributed by atoms with Crippen LogP contribution in [0.4, 0.5) is 8.63 Å². The summed E-state index contributed by atoms with van der Waals surface area (Å²) in [4.78, 5) is 30.6. The summed E-state index contributed by atoms with van der Waals surface area (Å²) >= 11 is 1.41. The van der Waals surface area contributed by atoms with Crippen molar-refractivity contribution in [3.63, 3.8) is 0 Å². The van der Waals surface area contributed by atoms with Crippen molar-refractivity contribution < 1.29 is 38.3 Å². The second-order valence-corrected chi connectivity index (χ2v) is 17.8. The molecular formula is C47H56BF2N5O6S. The Morgan fingerprint density at radius 2 is 1.77 bits per heavy atom. The molecule has 1 aliphatic heterocycles. The van der Waals surface area contributed by atoms with Gasteiger partial charge in [0.15, 0.2) is 18.1 Å². The van der Waals surface area contributed by atoms with Gasteiger partial charge in [0.2, 0.25) is 5.91 Å². The summed E-state index contributed by atoms with van der Waals surface area (Å²) in [5, 5.41) is 41.4. The van der Waals surface area contributed by atoms with E-state index in [1.54, 1.807) is 42.5 Å². The molecule has 6 N–H and O–H groups in total. The smallest absolute Gasteiger partial charge is 0.504 e. The van der Waals surface area contributed by atoms with Gasteiger partial charge in [-0.05, 0) is 148 Å². The van der Waals surface area contributed by atoms with Crippen LogP contribution in [0.15, 0.2) is 101 Å². The van der Waals surface area contributed by atoms with Gasteiger partial charge >= 0.3 is 7.40 Å². The van der Waals surface area contributed by atoms with Crippen molar-refractivity contribution in [3.05, 3.63) is 113 Å². The molecule has 2 amide bonds. The number of phenols is 2. The fourth-order valence-electron chi connectivity index (χ4n) is 7.90. The first-order valence-electron chi connectivity index (χ1n) is 21.1. The predicted octanol–water partition coefficient (Wildman–Crippen LogP) is 8.69. The number of carbonyl (C=O) groups excluding carboxylic acids is 2. The molecule has 328 valence electrons. The van der Waals surface area contributed by atoms with Gasteiger partial charge in [-0.25, -0.2) is 4.99 Å². The molecule has 1 aliphatic carbocycles. The van der Waals surface area contributed by atoms with Gasteiger partial charge in [0.1, 0.15) is 5.75 Å². The Morgan fingerprint density at radius 1 is 1.00 bits per heavy atom. The molecule has 1 fully saturated rings. The molecule has 6 rings (SSSR count). The molecule has 2 aromatic heterocycles. The Hall–Kier alpha value is -5.51. The number of aliphatic hydroxyl groups excluding tert-OH is 1. The highest BCUT2D eigenvalue weighted by Crippen LogP contribution is 2.38. The lowest BCUT2D eigenvalue weighted by molar-refractivity contribution is -0.124. The Kier molecular flexibility index (Phi) is 15.6. The number of rotatable bonds is 20. The Balaban J connectivity index is 0.827. The standard InChI is InChI=1S/C47H56BF2N5O6S/c1-46(2,34-22-24-47(3,25-23-34)52-30-42(58)33-13-21-40(56)41(57)28-33)54-44(59)9-5-4-6-26-51-45(60)31-61-38-18-11-32(12-19-38)10-14-35-15-16-36(53-35)29-37-17-20-39(55(37)48(49)50)43-8-7-27-62-43/h7-8,10-21,27-29,34,42,52,56-58H,4-6,9,22-26,30-31H2,1-3H3,(H,51,60)(H,54,59)/b14-10+,36-29-/t34?,42-,47?/m0/s1. The highest BCUT2D eigenvalue weighted by atomic mass is 32.1. The van der Waals surface area contributed by atoms with Crippen molar-refractivity contribution in [2.45, 2.75) is 89.3 Å². The van der Waals surface area contributed by atoms with E-state index in [2.05, 4.69) is 41.7 Å². The van der Waals surface area contributed by atoms with Gasteiger partial charge < -0.3 is 40.5 Å². The van der Waals surface area contributed by atoms with Crippen molar-refractivity contribution in [1.29, 1.82) is 0 Å². The van der Waals surface area contributed by atoms with Crippen LogP contribution in [0.25, 0.3) is 22.7 Å². The molecule has 11 nitrogen and oxygen atoms in total. The number of halogens is 2. The van der Waals surface area contributed by atoms with Crippen molar-refractivity contribution in [1.82, 2.24) is 20.4 Å². The number of amides is 2. The number of ether oxygens (including phenoxy) is 1. The van der Waals surface area contributed by atoms with Gasteiger partial charge in [-0.2, -0.15) is 0 Å². The fourth-order valence-corrected chi connectivity index (χ4v) is 8.65. The third kappa shape index (κ3) is 12.8. The Labute approximate surface area is 366 Å². The number of thiophene rings is 1. The maximum atomic E-state index is 14.0. The maximum Gasteiger partial charge on any atom is 0.678 e. The van der Waals surface area contributed by atoms with E-state index in [4.69, 9.17) is 4.74 Å². The first kappa shape index (κ1) is 46.0. The van der Waals surface area contributed by atoms with Crippen LogP contribution < -0.4 is 20.7 Å². The van der Waals surface area contributed by atoms with E-state index >= 15 is 0 Å². The quantitative estimate of drug-likeness (QED) is 0.0295. The average molecular weight is 868 g/mol. The van der Waals surface area contributed by atoms with E-state index < -0.39 is 13.5 Å². The number of phenolic OH excluding ortho intramolecular Hbond substituents is 2. The summed E-state index contributed by atoms with van der Waals surface area (Å²) in [7, 11) is -2.68. The van der Waals surface area contributed by atoms with Crippen LogP contribution in [-0.4, -0.2) is 75.5 Å². The SMILES string of the molecule is CC1(NC[C@H](O)c2ccc(O)c(O)c2)CCC(C(C)(C)NC(=O)CCCCCNC(=O)COc2ccc(/C=C/C3=NC(=C\c4ccc(-c5cccs5)n4B(F)F)/C=C3)cc2)CC1. The number of nitrogens with zero attached hydrogens (tertiary/aromatic N) is 2. The molecule has 0 unspecified atom stereocenters. The van der Waals surface area contributed by atoms with Crippen LogP contribution in [0.2, 0.25) is 0 Å². The van der Waals surface area contributed by atoms with Gasteiger partial charge in [0, 0.05) is 41.2 Å². The second kappa shape index (κ2) is 21.0. The Bertz CT molecular complexity index is 2260. The summed E-state index contributed by atoms with van der Waals surface area (Å²) in [5.74, 6) is 0.197. The number of unbranched alkanes of at least 4 members (excludes halogenated alkanes) is 2. The predicted molar refractivity (Wildman–Crippen MR) is 243 cm³/mol. The zero-order valence-corrected chi connectivity index (χ0v) is 36.3. The lowest BCUT2D eigenvalue weighted by atomic mass is 9.70. The molecule has 15 heteroatoms. The Morgan fingerprint density at radius 3 is 2.48 bits per heavy atom. The van der Waals surface area contributed by atoms with E-state index in [0.717, 1.165) is 59.9 Å². The van der Waals surface area contributed by atoms with Crippen molar-refractivity contribution in [2.75, 3.05) is 19.7 Å². The van der Waals surface area contributed by atoms with Crippen LogP contribution in [0.3, 0.4) is 0 Å². The molecule has 2 aromatic carbocycles. The minimum absolute atomic E-state index is 0.0243. The van der Waals surface area contributed by atoms with Gasteiger partial charge in [0.05, 0.1) is 23.2 Å². The second-order valence-electron chi connectivity index (χ2n) is 16.8. The highest BCUT2D eigenvalue weighted by Gasteiger charge is 2.38. The summed E-state index contributed by atoms with van der Waals surface area (Å²) in [6, 6.07) is 18.7. The molecule has 3 heterocycles. The van der Waals surface area contributed by atoms with Crippen LogP contribution in [0, 0.1) is 5.92 Å². The van der Waals surface area contributed by atoms with Crippen LogP contribution in [-0.2, 0) is 9.59 Å². The number of hydrogen-bond acceptors (Lipinski definition) is 9. The van der Waals surface area contributed by atoms with Crippen LogP contribution in [0.5, 0.6) is 17.2 Å². The third-order valence-corrected chi connectivity index (χ3v) is 12.6. The molecule has 0 bridgehead atoms. The van der Waals surface area contributed by atoms with E-state index in [-0.39, 0.29) is 41.0 Å². The minimum atomic E-state index is -2.68. The molecule has 0 saturated heterocycles. The number of nitrogens with one attached hydrogen (secondary N) is 3. The summed E-state index contributed by atoms with van der Waals surface area (Å²) < 4.78 is 34.6. The fraction of sp³-hybridized carbons (Fsp3) is 0.383. The van der Waals surface area contributed by atoms with Crippen molar-refractivity contribution in [2.24, 2.45) is 10.9 Å². The van der Waals surface area contributed by atoms with Crippen LogP contribution >= 0.6 is 11.3 Å². The number of β-amino-alcohol motifs (C(OH)–C–C–N with tert-alkyl or cyclic N) is 1. The summed E-state index contributed by atoms with van der Waals surface area (Å²) in [6.45, 7) is 7.02. The molecule has 62 heavy (non-hydrogen) atoms. The number of benzene rings is 2. The zero-order chi connectivity index (χ0) is 44.3. The number of allylic oxidation sites excluding steroid dienone is 3. The van der Waals surface area contributed by atoms with E-state index in [1.165, 1.54) is 23.5 Å². The number of hydrogen-bond donors (Lipinski definition) is 6. The molecular weight excluding hydrogens is 811 g/mol. The van der Waals surface area contributed by atoms with Gasteiger partial charge in [-0.15, -0.1) is 11.3 Å². The van der Waals surface area contributed by atoms with Gasteiger partial charge in [0.25, 0.3) is 5.91 Å². The van der Waals surface area contributed by atoms with E-state index in [1.807, 2.05) is 47.9 Å². The first-order valence-corrected chi connectivity index (χ1v) is 22.0. The summed E-state index contributed by atoms with van der Waals surface area (Å²) in [5.41, 5.74) is 3.03. The maximum absolute atomic E-state index is 14.0. The topological polar surface area (TPSA) is 157 Å². The van der Waals surface area contributed by atoms with E-state index in [0.29, 0.717) is 59.5 Å². The van der Waals surface area contributed by atoms with Crippen molar-refractivity contribution in [3.8, 4) is 27.8 Å². The third-order valence-electron chi connectivity index (χ3n) is 11.7. The van der Waals surface area contributed by atoms with E-state index in [9.17, 15) is 33.5 Å². The molecule has 1 atom stereocenters. The zero-order valence-electron chi connectivity index (χ0n) is 35.5. The molecule has 1 saturated carbocycles. The number of aromatic nitrogens is 1. The lowest BCUT2D eigenvalue weighted by Gasteiger charge is -2.44. The largest absolute Gasteiger partial charge is 0.678 e.